The smallest absolute Gasteiger partial charge is 0.274 e. The summed E-state index contributed by atoms with van der Waals surface area (Å²) in [6, 6.07) is 6.98. The van der Waals surface area contributed by atoms with Gasteiger partial charge in [0.1, 0.15) is 0 Å². The van der Waals surface area contributed by atoms with Gasteiger partial charge in [0.15, 0.2) is 0 Å². The molecule has 6 heteroatoms. The van der Waals surface area contributed by atoms with Crippen LogP contribution < -0.4 is 5.32 Å². The average Bonchev–Trinajstić information content (AvgIpc) is 2.93. The summed E-state index contributed by atoms with van der Waals surface area (Å²) in [6.45, 7) is 5.56. The molecule has 2 aromatic rings. The van der Waals surface area contributed by atoms with Crippen LogP contribution in [-0.2, 0) is 6.54 Å². The molecule has 0 radical (unpaired) electrons. The first-order valence-electron chi connectivity index (χ1n) is 7.09. The molecule has 0 spiro atoms. The molecule has 1 aromatic carbocycles. The van der Waals surface area contributed by atoms with E-state index in [4.69, 9.17) is 0 Å². The molecule has 0 saturated carbocycles. The van der Waals surface area contributed by atoms with Gasteiger partial charge in [-0.15, -0.1) is 0 Å². The molecule has 1 unspecified atom stereocenters. The van der Waals surface area contributed by atoms with Crippen molar-refractivity contribution in [1.82, 2.24) is 15.1 Å². The van der Waals surface area contributed by atoms with E-state index in [1.54, 1.807) is 22.9 Å². The minimum absolute atomic E-state index is 0.131. The fraction of sp³-hybridized carbons (Fsp3) is 0.400. The minimum Gasteiger partial charge on any atom is -0.310 e. The first-order chi connectivity index (χ1) is 10.1. The first kappa shape index (κ1) is 15.2. The maximum atomic E-state index is 11.0. The third-order valence-electron chi connectivity index (χ3n) is 3.37. The van der Waals surface area contributed by atoms with Gasteiger partial charge in [-0.3, -0.25) is 14.8 Å². The Bertz CT molecular complexity index is 609. The second-order valence-corrected chi connectivity index (χ2v) is 5.03. The van der Waals surface area contributed by atoms with Gasteiger partial charge in [0.05, 0.1) is 23.2 Å². The largest absolute Gasteiger partial charge is 0.310 e. The molecule has 112 valence electrons. The van der Waals surface area contributed by atoms with E-state index in [1.165, 1.54) is 6.07 Å². The van der Waals surface area contributed by atoms with Crippen LogP contribution in [0.1, 0.15) is 37.4 Å². The SMILES string of the molecule is CCCNC(C)c1cnn(Cc2ccccc2[N+](=O)[O-])c1. The van der Waals surface area contributed by atoms with Crippen LogP contribution in [0.3, 0.4) is 0 Å². The lowest BCUT2D eigenvalue weighted by Crippen LogP contribution is -2.18. The number of para-hydroxylation sites is 1. The van der Waals surface area contributed by atoms with E-state index in [0.717, 1.165) is 18.5 Å². The van der Waals surface area contributed by atoms with Crippen LogP contribution >= 0.6 is 0 Å². The molecule has 1 atom stereocenters. The number of nitro benzene ring substituents is 1. The van der Waals surface area contributed by atoms with E-state index in [0.29, 0.717) is 12.1 Å². The first-order valence-corrected chi connectivity index (χ1v) is 7.09. The van der Waals surface area contributed by atoms with E-state index >= 15 is 0 Å². The van der Waals surface area contributed by atoms with Crippen molar-refractivity contribution >= 4 is 5.69 Å². The summed E-state index contributed by atoms with van der Waals surface area (Å²) in [7, 11) is 0. The fourth-order valence-electron chi connectivity index (χ4n) is 2.17. The Kier molecular flexibility index (Phi) is 5.05. The summed E-state index contributed by atoms with van der Waals surface area (Å²) in [4.78, 5) is 10.7. The Labute approximate surface area is 123 Å². The predicted molar refractivity (Wildman–Crippen MR) is 81.1 cm³/mol. The molecule has 0 aliphatic heterocycles. The van der Waals surface area contributed by atoms with Gasteiger partial charge in [-0.1, -0.05) is 25.1 Å². The van der Waals surface area contributed by atoms with Crippen LogP contribution in [0.15, 0.2) is 36.7 Å². The second kappa shape index (κ2) is 6.99. The molecule has 1 aromatic heterocycles. The number of nitrogens with zero attached hydrogens (tertiary/aromatic N) is 3. The third kappa shape index (κ3) is 3.88. The van der Waals surface area contributed by atoms with Crippen molar-refractivity contribution in [2.45, 2.75) is 32.9 Å². The lowest BCUT2D eigenvalue weighted by atomic mass is 10.1. The molecule has 6 nitrogen and oxygen atoms in total. The van der Waals surface area contributed by atoms with Crippen molar-refractivity contribution in [3.05, 3.63) is 57.9 Å². The lowest BCUT2D eigenvalue weighted by molar-refractivity contribution is -0.385. The van der Waals surface area contributed by atoms with Gasteiger partial charge in [0, 0.05) is 23.9 Å². The Balaban J connectivity index is 2.11. The topological polar surface area (TPSA) is 73.0 Å². The van der Waals surface area contributed by atoms with Crippen molar-refractivity contribution in [3.8, 4) is 0 Å². The zero-order chi connectivity index (χ0) is 15.2. The van der Waals surface area contributed by atoms with Crippen molar-refractivity contribution in [1.29, 1.82) is 0 Å². The molecule has 0 bridgehead atoms. The Morgan fingerprint density at radius 1 is 1.43 bits per heavy atom. The number of nitro groups is 1. The van der Waals surface area contributed by atoms with Crippen molar-refractivity contribution in [2.75, 3.05) is 6.54 Å². The molecule has 1 heterocycles. The molecule has 0 aliphatic carbocycles. The zero-order valence-corrected chi connectivity index (χ0v) is 12.3. The summed E-state index contributed by atoms with van der Waals surface area (Å²) >= 11 is 0. The predicted octanol–water partition coefficient (Wildman–Crippen LogP) is 2.90. The van der Waals surface area contributed by atoms with Crippen LogP contribution in [0.2, 0.25) is 0 Å². The molecular weight excluding hydrogens is 268 g/mol. The maximum Gasteiger partial charge on any atom is 0.274 e. The van der Waals surface area contributed by atoms with Gasteiger partial charge < -0.3 is 5.32 Å². The van der Waals surface area contributed by atoms with Gasteiger partial charge in [0.25, 0.3) is 5.69 Å². The van der Waals surface area contributed by atoms with Crippen molar-refractivity contribution in [3.63, 3.8) is 0 Å². The highest BCUT2D eigenvalue weighted by Crippen LogP contribution is 2.19. The van der Waals surface area contributed by atoms with Gasteiger partial charge in [-0.25, -0.2) is 0 Å². The molecule has 0 amide bonds. The Morgan fingerprint density at radius 3 is 2.90 bits per heavy atom. The summed E-state index contributed by atoms with van der Waals surface area (Å²) in [6.07, 6.45) is 4.82. The van der Waals surface area contributed by atoms with E-state index in [1.807, 2.05) is 12.4 Å². The van der Waals surface area contributed by atoms with E-state index in [-0.39, 0.29) is 16.7 Å². The monoisotopic (exact) mass is 288 g/mol. The number of aromatic nitrogens is 2. The van der Waals surface area contributed by atoms with E-state index in [9.17, 15) is 10.1 Å². The Morgan fingerprint density at radius 2 is 2.19 bits per heavy atom. The number of hydrogen-bond acceptors (Lipinski definition) is 4. The van der Waals surface area contributed by atoms with Crippen LogP contribution in [-0.4, -0.2) is 21.2 Å². The lowest BCUT2D eigenvalue weighted by Gasteiger charge is -2.10. The highest BCUT2D eigenvalue weighted by molar-refractivity contribution is 5.39. The number of benzene rings is 1. The normalized spacial score (nSPS) is 12.3. The number of hydrogen-bond donors (Lipinski definition) is 1. The standard InChI is InChI=1S/C15H20N4O2/c1-3-8-16-12(2)14-9-17-18(11-14)10-13-6-4-5-7-15(13)19(20)21/h4-7,9,11-12,16H,3,8,10H2,1-2H3. The van der Waals surface area contributed by atoms with Gasteiger partial charge in [0.2, 0.25) is 0 Å². The highest BCUT2D eigenvalue weighted by atomic mass is 16.6. The van der Waals surface area contributed by atoms with Crippen molar-refractivity contribution in [2.24, 2.45) is 0 Å². The molecule has 1 N–H and O–H groups in total. The number of nitrogens with one attached hydrogen (secondary N) is 1. The minimum atomic E-state index is -0.356. The third-order valence-corrected chi connectivity index (χ3v) is 3.37. The number of rotatable bonds is 7. The molecule has 2 rings (SSSR count). The fourth-order valence-corrected chi connectivity index (χ4v) is 2.17. The van der Waals surface area contributed by atoms with Crippen LogP contribution in [0.25, 0.3) is 0 Å². The van der Waals surface area contributed by atoms with E-state index < -0.39 is 0 Å². The van der Waals surface area contributed by atoms with Crippen molar-refractivity contribution < 1.29 is 4.92 Å². The molecule has 0 aliphatic rings. The molecule has 0 fully saturated rings. The van der Waals surface area contributed by atoms with Gasteiger partial charge in [-0.05, 0) is 19.9 Å². The maximum absolute atomic E-state index is 11.0. The second-order valence-electron chi connectivity index (χ2n) is 5.03. The highest BCUT2D eigenvalue weighted by Gasteiger charge is 2.14. The summed E-state index contributed by atoms with van der Waals surface area (Å²) in [5, 5.41) is 18.7. The van der Waals surface area contributed by atoms with E-state index in [2.05, 4.69) is 24.3 Å². The summed E-state index contributed by atoms with van der Waals surface area (Å²) in [5.74, 6) is 0. The summed E-state index contributed by atoms with van der Waals surface area (Å²) < 4.78 is 1.74. The van der Waals surface area contributed by atoms with Crippen LogP contribution in [0.4, 0.5) is 5.69 Å². The molecule has 21 heavy (non-hydrogen) atoms. The quantitative estimate of drug-likeness (QED) is 0.628. The Hall–Kier alpha value is -2.21. The van der Waals surface area contributed by atoms with Crippen LogP contribution in [0.5, 0.6) is 0 Å². The molecular formula is C15H20N4O2. The van der Waals surface area contributed by atoms with Crippen LogP contribution in [0, 0.1) is 10.1 Å². The van der Waals surface area contributed by atoms with Gasteiger partial charge in [-0.2, -0.15) is 5.10 Å². The molecule has 0 saturated heterocycles. The zero-order valence-electron chi connectivity index (χ0n) is 12.3. The van der Waals surface area contributed by atoms with Gasteiger partial charge >= 0.3 is 0 Å². The summed E-state index contributed by atoms with van der Waals surface area (Å²) in [5.41, 5.74) is 1.88. The average molecular weight is 288 g/mol.